The fourth-order valence-electron chi connectivity index (χ4n) is 7.81. The molecule has 14 nitrogen and oxygen atoms in total. The summed E-state index contributed by atoms with van der Waals surface area (Å²) in [7, 11) is -4.21. The van der Waals surface area contributed by atoms with E-state index < -0.39 is 129 Å². The van der Waals surface area contributed by atoms with Crippen LogP contribution in [0.25, 0.3) is 11.0 Å². The molecular formula is C38H50F4N6O8S. The van der Waals surface area contributed by atoms with Crippen molar-refractivity contribution in [2.24, 2.45) is 17.3 Å². The molecule has 2 bridgehead atoms. The van der Waals surface area contributed by atoms with Crippen molar-refractivity contribution >= 4 is 44.9 Å². The highest BCUT2D eigenvalue weighted by Gasteiger charge is 2.67. The fourth-order valence-corrected chi connectivity index (χ4v) is 9.17. The minimum Gasteiger partial charge on any atom is -0.471 e. The lowest BCUT2D eigenvalue weighted by Crippen LogP contribution is -2.61. The standard InChI is InChI=1S/C38H50F4N6O8S/c1-6-22-26-19-48(27(22)31(49)46-37(18-23(37)30(39)40)34(51)47-57(53,54)21-15-16-21)33(50)29(36(3,4)5)45-35(52)55-20(2)12-8-7-11-17-38(41,42)28-32(56-26)44-25-14-10-9-13-24(25)43-28/h9-10,13-14,20-23,26-27,29-30H,6-8,11-12,15-19H2,1-5H3,(H,45,52)(H,46,49)(H,47,51)/t20-,22-,23+,26+,27+,29-,37-/m1/s1. The van der Waals surface area contributed by atoms with E-state index in [1.165, 1.54) is 6.07 Å². The fraction of sp³-hybridized carbons (Fsp3) is 0.684. The molecule has 3 N–H and O–H groups in total. The predicted molar refractivity (Wildman–Crippen MR) is 198 cm³/mol. The normalized spacial score (nSPS) is 30.0. The Bertz CT molecular complexity index is 2000. The van der Waals surface area contributed by atoms with Crippen LogP contribution in [0.4, 0.5) is 22.4 Å². The summed E-state index contributed by atoms with van der Waals surface area (Å²) in [5.41, 5.74) is -3.63. The van der Waals surface area contributed by atoms with Crippen LogP contribution in [0.2, 0.25) is 0 Å². The number of carbonyl (C=O) groups excluding carboxylic acids is 4. The number of sulfonamides is 1. The number of alkyl halides is 4. The van der Waals surface area contributed by atoms with Gasteiger partial charge in [-0.15, -0.1) is 0 Å². The number of nitrogens with zero attached hydrogens (tertiary/aromatic N) is 3. The van der Waals surface area contributed by atoms with Crippen LogP contribution in [0.15, 0.2) is 24.3 Å². The van der Waals surface area contributed by atoms with Crippen LogP contribution in [0, 0.1) is 17.3 Å². The van der Waals surface area contributed by atoms with Crippen LogP contribution in [-0.4, -0.2) is 95.2 Å². The first kappa shape index (κ1) is 42.3. The Morgan fingerprint density at radius 1 is 1.04 bits per heavy atom. The number of ether oxygens (including phenoxy) is 2. The first-order chi connectivity index (χ1) is 26.7. The van der Waals surface area contributed by atoms with Crippen molar-refractivity contribution in [3.05, 3.63) is 30.0 Å². The molecular weight excluding hydrogens is 777 g/mol. The molecule has 6 rings (SSSR count). The van der Waals surface area contributed by atoms with Crippen LogP contribution in [0.5, 0.6) is 5.88 Å². The van der Waals surface area contributed by atoms with Gasteiger partial charge in [-0.25, -0.2) is 32.0 Å². The van der Waals surface area contributed by atoms with Gasteiger partial charge in [0.1, 0.15) is 29.8 Å². The van der Waals surface area contributed by atoms with E-state index >= 15 is 8.78 Å². The van der Waals surface area contributed by atoms with Crippen LogP contribution in [0.3, 0.4) is 0 Å². The third-order valence-electron chi connectivity index (χ3n) is 11.3. The molecule has 3 heterocycles. The zero-order valence-corrected chi connectivity index (χ0v) is 33.3. The highest BCUT2D eigenvalue weighted by atomic mass is 32.2. The van der Waals surface area contributed by atoms with Gasteiger partial charge in [0.05, 0.1) is 28.7 Å². The van der Waals surface area contributed by atoms with Crippen LogP contribution in [0.1, 0.15) is 98.1 Å². The number of cyclic esters (lactones) is 1. The monoisotopic (exact) mass is 826 g/mol. The zero-order chi connectivity index (χ0) is 41.7. The smallest absolute Gasteiger partial charge is 0.408 e. The van der Waals surface area contributed by atoms with E-state index in [0.29, 0.717) is 19.3 Å². The predicted octanol–water partition coefficient (Wildman–Crippen LogP) is 4.95. The number of halogens is 4. The van der Waals surface area contributed by atoms with Gasteiger partial charge in [-0.2, -0.15) is 8.78 Å². The number of amides is 4. The number of fused-ring (bicyclic) bond motifs is 4. The Balaban J connectivity index is 1.43. The zero-order valence-electron chi connectivity index (χ0n) is 32.5. The van der Waals surface area contributed by atoms with Gasteiger partial charge in [-0.3, -0.25) is 19.1 Å². The Labute approximate surface area is 328 Å². The SMILES string of the molecule is CC[C@@H]1[C@@H]2CN(C(=O)[C@H](C(C)(C)C)NC(=O)O[C@H](C)CCCCCC(F)(F)c3nc4ccccc4nc3O2)[C@@H]1C(=O)N[C@]1(C(=O)NS(=O)(=O)C2CC2)C[C@H]1C(F)F. The topological polar surface area (TPSA) is 186 Å². The molecule has 4 aliphatic rings. The summed E-state index contributed by atoms with van der Waals surface area (Å²) >= 11 is 0. The molecule has 2 aliphatic carbocycles. The lowest BCUT2D eigenvalue weighted by atomic mass is 9.85. The first-order valence-corrected chi connectivity index (χ1v) is 21.0. The summed E-state index contributed by atoms with van der Waals surface area (Å²) in [5.74, 6) is -10.0. The van der Waals surface area contributed by atoms with Crippen LogP contribution in [-0.2, 0) is 35.1 Å². The van der Waals surface area contributed by atoms with Gasteiger partial charge < -0.3 is 25.0 Å². The average molecular weight is 827 g/mol. The van der Waals surface area contributed by atoms with E-state index in [-0.39, 0.29) is 36.7 Å². The Kier molecular flexibility index (Phi) is 11.7. The van der Waals surface area contributed by atoms with Gasteiger partial charge in [-0.1, -0.05) is 46.2 Å². The number of para-hydroxylation sites is 2. The molecule has 19 heteroatoms. The lowest BCUT2D eigenvalue weighted by molar-refractivity contribution is -0.144. The Morgan fingerprint density at radius 3 is 2.30 bits per heavy atom. The average Bonchev–Trinajstić information content (AvgIpc) is 4.06. The number of rotatable bonds is 7. The van der Waals surface area contributed by atoms with E-state index in [2.05, 4.69) is 20.6 Å². The molecule has 4 amide bonds. The number of aromatic nitrogens is 2. The van der Waals surface area contributed by atoms with Gasteiger partial charge in [0, 0.05) is 12.3 Å². The molecule has 2 aliphatic heterocycles. The van der Waals surface area contributed by atoms with Gasteiger partial charge in [0.15, 0.2) is 5.69 Å². The van der Waals surface area contributed by atoms with Crippen molar-refractivity contribution in [2.75, 3.05) is 6.54 Å². The third-order valence-corrected chi connectivity index (χ3v) is 13.1. The maximum Gasteiger partial charge on any atom is 0.408 e. The minimum absolute atomic E-state index is 0.0694. The van der Waals surface area contributed by atoms with Crippen LogP contribution >= 0.6 is 0 Å². The largest absolute Gasteiger partial charge is 0.471 e. The first-order valence-electron chi connectivity index (χ1n) is 19.4. The molecule has 1 aromatic carbocycles. The van der Waals surface area contributed by atoms with Crippen molar-refractivity contribution in [1.29, 1.82) is 0 Å². The van der Waals surface area contributed by atoms with Gasteiger partial charge in [0.2, 0.25) is 34.1 Å². The highest BCUT2D eigenvalue weighted by Crippen LogP contribution is 2.49. The van der Waals surface area contributed by atoms with Crippen molar-refractivity contribution in [3.8, 4) is 5.88 Å². The van der Waals surface area contributed by atoms with Gasteiger partial charge in [-0.05, 0) is 69.4 Å². The second-order valence-corrected chi connectivity index (χ2v) is 18.7. The van der Waals surface area contributed by atoms with Gasteiger partial charge in [0.25, 0.3) is 11.8 Å². The van der Waals surface area contributed by atoms with E-state index in [1.54, 1.807) is 52.8 Å². The third kappa shape index (κ3) is 8.92. The summed E-state index contributed by atoms with van der Waals surface area (Å²) in [6.45, 7) is 7.86. The van der Waals surface area contributed by atoms with E-state index in [0.717, 1.165) is 4.90 Å². The molecule has 7 atom stereocenters. The molecule has 314 valence electrons. The summed E-state index contributed by atoms with van der Waals surface area (Å²) in [6, 6.07) is 3.46. The molecule has 3 fully saturated rings. The lowest BCUT2D eigenvalue weighted by Gasteiger charge is -2.36. The van der Waals surface area contributed by atoms with E-state index in [4.69, 9.17) is 9.47 Å². The Morgan fingerprint density at radius 2 is 1.70 bits per heavy atom. The highest BCUT2D eigenvalue weighted by molar-refractivity contribution is 7.91. The number of benzene rings is 1. The quantitative estimate of drug-likeness (QED) is 0.323. The molecule has 1 aromatic heterocycles. The molecule has 0 radical (unpaired) electrons. The maximum absolute atomic E-state index is 16.2. The molecule has 2 aromatic rings. The van der Waals surface area contributed by atoms with Crippen molar-refractivity contribution in [3.63, 3.8) is 0 Å². The molecule has 0 spiro atoms. The Hall–Kier alpha value is -4.29. The second-order valence-electron chi connectivity index (χ2n) is 16.8. The van der Waals surface area contributed by atoms with Crippen molar-refractivity contribution in [1.82, 2.24) is 30.2 Å². The number of nitrogens with one attached hydrogen (secondary N) is 3. The summed E-state index contributed by atoms with van der Waals surface area (Å²) in [5, 5.41) is 4.15. The maximum atomic E-state index is 16.2. The van der Waals surface area contributed by atoms with E-state index in [9.17, 15) is 36.4 Å². The summed E-state index contributed by atoms with van der Waals surface area (Å²) < 4.78 is 99.9. The van der Waals surface area contributed by atoms with Gasteiger partial charge >= 0.3 is 6.09 Å². The summed E-state index contributed by atoms with van der Waals surface area (Å²) in [4.78, 5) is 65.8. The van der Waals surface area contributed by atoms with E-state index in [1.807, 2.05) is 4.72 Å². The molecule has 0 unspecified atom stereocenters. The molecule has 57 heavy (non-hydrogen) atoms. The number of hydrogen-bond acceptors (Lipinski definition) is 10. The minimum atomic E-state index is -4.21. The number of hydrogen-bond donors (Lipinski definition) is 3. The van der Waals surface area contributed by atoms with Crippen molar-refractivity contribution < 1.29 is 54.6 Å². The molecule has 1 saturated heterocycles. The van der Waals surface area contributed by atoms with Crippen molar-refractivity contribution in [2.45, 2.75) is 140 Å². The van der Waals surface area contributed by atoms with Crippen LogP contribution < -0.4 is 20.1 Å². The molecule has 2 saturated carbocycles. The number of carbonyl (C=O) groups is 4. The second kappa shape index (κ2) is 15.8. The number of alkyl carbamates (subject to hydrolysis) is 1. The summed E-state index contributed by atoms with van der Waals surface area (Å²) in [6.07, 6.45) is -5.17.